The van der Waals surface area contributed by atoms with Crippen LogP contribution in [0.5, 0.6) is 5.75 Å². The lowest BCUT2D eigenvalue weighted by Gasteiger charge is -2.10. The van der Waals surface area contributed by atoms with Crippen molar-refractivity contribution in [2.24, 2.45) is 10.8 Å². The maximum absolute atomic E-state index is 13.5. The molecule has 1 rings (SSSR count). The smallest absolute Gasteiger partial charge is 0.201 e. The second-order valence-corrected chi connectivity index (χ2v) is 3.30. The average molecular weight is 267 g/mol. The molecule has 1 aromatic rings. The highest BCUT2D eigenvalue weighted by atomic mass is 19.1. The number of hydrogen-bond acceptors (Lipinski definition) is 5. The molecule has 19 heavy (non-hydrogen) atoms. The van der Waals surface area contributed by atoms with Crippen LogP contribution in [0.15, 0.2) is 17.2 Å². The quantitative estimate of drug-likeness (QED) is 0.427. The number of nitrogens with zero attached hydrogens (tertiary/aromatic N) is 2. The van der Waals surface area contributed by atoms with Crippen LogP contribution in [0.3, 0.4) is 0 Å². The molecule has 0 atom stereocenters. The lowest BCUT2D eigenvalue weighted by molar-refractivity contribution is 0.322. The third-order valence-electron chi connectivity index (χ3n) is 1.95. The number of anilines is 1. The van der Waals surface area contributed by atoms with Gasteiger partial charge in [-0.3, -0.25) is 10.8 Å². The number of nitrogens with one attached hydrogen (secondary N) is 2. The van der Waals surface area contributed by atoms with E-state index in [1.807, 2.05) is 0 Å². The van der Waals surface area contributed by atoms with E-state index in [4.69, 9.17) is 21.1 Å². The van der Waals surface area contributed by atoms with Crippen LogP contribution in [0.2, 0.25) is 0 Å². The Labute approximate surface area is 108 Å². The van der Waals surface area contributed by atoms with Gasteiger partial charge in [-0.25, -0.2) is 8.78 Å². The maximum atomic E-state index is 13.5. The fraction of sp³-hybridized carbons (Fsp3) is 0.182. The van der Waals surface area contributed by atoms with Crippen molar-refractivity contribution >= 4 is 17.2 Å². The first-order chi connectivity index (χ1) is 8.99. The van der Waals surface area contributed by atoms with Crippen molar-refractivity contribution in [3.05, 3.63) is 23.8 Å². The summed E-state index contributed by atoms with van der Waals surface area (Å²) in [4.78, 5) is 0. The van der Waals surface area contributed by atoms with Gasteiger partial charge in [0.05, 0.1) is 6.61 Å². The van der Waals surface area contributed by atoms with Gasteiger partial charge in [0, 0.05) is 12.1 Å². The zero-order chi connectivity index (χ0) is 14.4. The SMILES string of the molecule is CCOc1c(F)cc(F)cc1N/N=C(\C#N)C(=N)N. The Kier molecular flexibility index (Phi) is 4.76. The van der Waals surface area contributed by atoms with E-state index in [1.165, 1.54) is 0 Å². The number of hydrogen-bond donors (Lipinski definition) is 3. The van der Waals surface area contributed by atoms with Gasteiger partial charge < -0.3 is 10.5 Å². The molecule has 6 nitrogen and oxygen atoms in total. The summed E-state index contributed by atoms with van der Waals surface area (Å²) in [6.07, 6.45) is 0. The average Bonchev–Trinajstić information content (AvgIpc) is 2.33. The van der Waals surface area contributed by atoms with Crippen molar-refractivity contribution in [2.75, 3.05) is 12.0 Å². The number of benzene rings is 1. The summed E-state index contributed by atoms with van der Waals surface area (Å²) in [5, 5.41) is 19.2. The third kappa shape index (κ3) is 3.64. The summed E-state index contributed by atoms with van der Waals surface area (Å²) in [5.41, 5.74) is 6.82. The molecule has 0 aliphatic rings. The zero-order valence-corrected chi connectivity index (χ0v) is 10.00. The molecule has 0 spiro atoms. The summed E-state index contributed by atoms with van der Waals surface area (Å²) in [5.74, 6) is -2.53. The standard InChI is InChI=1S/C11H11F2N5O/c1-2-19-10-7(13)3-6(12)4-8(10)17-18-9(5-14)11(15)16/h3-4,17H,2H2,1H3,(H3,15,16)/b18-9+. The van der Waals surface area contributed by atoms with E-state index in [1.54, 1.807) is 13.0 Å². The van der Waals surface area contributed by atoms with Crippen molar-refractivity contribution in [2.45, 2.75) is 6.92 Å². The Balaban J connectivity index is 3.13. The maximum Gasteiger partial charge on any atom is 0.201 e. The number of nitriles is 1. The van der Waals surface area contributed by atoms with Gasteiger partial charge in [0.2, 0.25) is 5.71 Å². The molecule has 0 aliphatic heterocycles. The second-order valence-electron chi connectivity index (χ2n) is 3.30. The number of ether oxygens (including phenoxy) is 1. The number of amidine groups is 1. The van der Waals surface area contributed by atoms with Crippen LogP contribution < -0.4 is 15.9 Å². The van der Waals surface area contributed by atoms with E-state index in [-0.39, 0.29) is 18.0 Å². The van der Waals surface area contributed by atoms with Gasteiger partial charge in [-0.2, -0.15) is 10.4 Å². The van der Waals surface area contributed by atoms with Crippen LogP contribution in [0.1, 0.15) is 6.92 Å². The lowest BCUT2D eigenvalue weighted by Crippen LogP contribution is -2.22. The Morgan fingerprint density at radius 3 is 2.79 bits per heavy atom. The van der Waals surface area contributed by atoms with Gasteiger partial charge in [0.1, 0.15) is 17.6 Å². The molecule has 8 heteroatoms. The highest BCUT2D eigenvalue weighted by molar-refractivity contribution is 6.45. The van der Waals surface area contributed by atoms with E-state index in [2.05, 4.69) is 10.5 Å². The van der Waals surface area contributed by atoms with Crippen LogP contribution in [0.4, 0.5) is 14.5 Å². The first-order valence-corrected chi connectivity index (χ1v) is 5.19. The van der Waals surface area contributed by atoms with Gasteiger partial charge in [-0.05, 0) is 6.92 Å². The monoisotopic (exact) mass is 267 g/mol. The van der Waals surface area contributed by atoms with Crippen LogP contribution in [0.25, 0.3) is 0 Å². The molecule has 0 heterocycles. The molecule has 0 radical (unpaired) electrons. The molecule has 0 saturated carbocycles. The van der Waals surface area contributed by atoms with E-state index in [0.29, 0.717) is 6.07 Å². The molecule has 0 bridgehead atoms. The van der Waals surface area contributed by atoms with Crippen molar-refractivity contribution in [1.82, 2.24) is 0 Å². The molecule has 1 aromatic carbocycles. The van der Waals surface area contributed by atoms with Crippen LogP contribution in [-0.2, 0) is 0 Å². The van der Waals surface area contributed by atoms with Gasteiger partial charge in [-0.15, -0.1) is 0 Å². The van der Waals surface area contributed by atoms with E-state index in [0.717, 1.165) is 6.07 Å². The second kappa shape index (κ2) is 6.30. The number of hydrazone groups is 1. The van der Waals surface area contributed by atoms with Gasteiger partial charge in [0.25, 0.3) is 0 Å². The van der Waals surface area contributed by atoms with E-state index in [9.17, 15) is 8.78 Å². The number of halogens is 2. The van der Waals surface area contributed by atoms with Gasteiger partial charge in [-0.1, -0.05) is 0 Å². The van der Waals surface area contributed by atoms with E-state index >= 15 is 0 Å². The minimum atomic E-state index is -0.902. The molecule has 0 aliphatic carbocycles. The Morgan fingerprint density at radius 2 is 2.26 bits per heavy atom. The number of rotatable bonds is 5. The molecule has 0 aromatic heterocycles. The molecule has 100 valence electrons. The van der Waals surface area contributed by atoms with Gasteiger partial charge >= 0.3 is 0 Å². The predicted octanol–water partition coefficient (Wildman–Crippen LogP) is 1.59. The minimum absolute atomic E-state index is 0.103. The van der Waals surface area contributed by atoms with Crippen LogP contribution in [0, 0.1) is 28.4 Å². The van der Waals surface area contributed by atoms with Crippen molar-refractivity contribution in [3.63, 3.8) is 0 Å². The topological polar surface area (TPSA) is 107 Å². The molecular weight excluding hydrogens is 256 g/mol. The lowest BCUT2D eigenvalue weighted by atomic mass is 10.2. The molecule has 0 amide bonds. The molecule has 0 fully saturated rings. The van der Waals surface area contributed by atoms with Crippen molar-refractivity contribution in [1.29, 1.82) is 10.7 Å². The molecule has 4 N–H and O–H groups in total. The molecular formula is C11H11F2N5O. The largest absolute Gasteiger partial charge is 0.489 e. The first-order valence-electron chi connectivity index (χ1n) is 5.19. The Morgan fingerprint density at radius 1 is 1.58 bits per heavy atom. The highest BCUT2D eigenvalue weighted by Crippen LogP contribution is 2.29. The fourth-order valence-electron chi connectivity index (χ4n) is 1.20. The normalized spacial score (nSPS) is 10.7. The number of nitrogens with two attached hydrogens (primary N) is 1. The molecule has 0 unspecified atom stereocenters. The summed E-state index contributed by atoms with van der Waals surface area (Å²) >= 11 is 0. The summed E-state index contributed by atoms with van der Waals surface area (Å²) in [7, 11) is 0. The van der Waals surface area contributed by atoms with Crippen LogP contribution >= 0.6 is 0 Å². The Bertz CT molecular complexity index is 565. The minimum Gasteiger partial charge on any atom is -0.489 e. The summed E-state index contributed by atoms with van der Waals surface area (Å²) in [6.45, 7) is 1.80. The van der Waals surface area contributed by atoms with Gasteiger partial charge in [0.15, 0.2) is 17.4 Å². The van der Waals surface area contributed by atoms with E-state index < -0.39 is 23.2 Å². The van der Waals surface area contributed by atoms with Crippen molar-refractivity contribution in [3.8, 4) is 11.8 Å². The summed E-state index contributed by atoms with van der Waals surface area (Å²) < 4.78 is 31.6. The van der Waals surface area contributed by atoms with Crippen molar-refractivity contribution < 1.29 is 13.5 Å². The van der Waals surface area contributed by atoms with Crippen LogP contribution in [-0.4, -0.2) is 18.2 Å². The predicted molar refractivity (Wildman–Crippen MR) is 66.1 cm³/mol. The fourth-order valence-corrected chi connectivity index (χ4v) is 1.20. The summed E-state index contributed by atoms with van der Waals surface area (Å²) in [6, 6.07) is 3.18. The third-order valence-corrected chi connectivity index (χ3v) is 1.95. The highest BCUT2D eigenvalue weighted by Gasteiger charge is 2.13. The molecule has 0 saturated heterocycles. The zero-order valence-electron chi connectivity index (χ0n) is 10.00. The first kappa shape index (κ1) is 14.4. The Hall–Kier alpha value is -2.69.